The molecule has 0 amide bonds. The van der Waals surface area contributed by atoms with Gasteiger partial charge in [0, 0.05) is 31.8 Å². The molecule has 0 aliphatic carbocycles. The first-order valence-electron chi connectivity index (χ1n) is 6.75. The summed E-state index contributed by atoms with van der Waals surface area (Å²) in [6.07, 6.45) is 0. The highest BCUT2D eigenvalue weighted by molar-refractivity contribution is 6.33. The van der Waals surface area contributed by atoms with Crippen LogP contribution in [0.3, 0.4) is 0 Å². The summed E-state index contributed by atoms with van der Waals surface area (Å²) in [7, 11) is 2.00. The Balaban J connectivity index is 0.00000192. The van der Waals surface area contributed by atoms with Gasteiger partial charge in [-0.15, -0.1) is 12.4 Å². The van der Waals surface area contributed by atoms with Crippen molar-refractivity contribution in [2.24, 2.45) is 0 Å². The number of hydrogen-bond donors (Lipinski definition) is 1. The lowest BCUT2D eigenvalue weighted by atomic mass is 10.2. The molecule has 1 aliphatic heterocycles. The smallest absolute Gasteiger partial charge is 0.270 e. The molecular weight excluding hydrogens is 345 g/mol. The molecule has 1 aromatic heterocycles. The van der Waals surface area contributed by atoms with E-state index in [1.165, 1.54) is 18.2 Å². The number of nitrogens with zero attached hydrogens (tertiary/aromatic N) is 4. The van der Waals surface area contributed by atoms with Crippen LogP contribution in [0.4, 0.5) is 5.69 Å². The summed E-state index contributed by atoms with van der Waals surface area (Å²) < 4.78 is 5.26. The fourth-order valence-electron chi connectivity index (χ4n) is 2.36. The molecule has 1 aliphatic rings. The second-order valence-corrected chi connectivity index (χ2v) is 5.49. The highest BCUT2D eigenvalue weighted by Crippen LogP contribution is 2.31. The van der Waals surface area contributed by atoms with Gasteiger partial charge in [-0.25, -0.2) is 0 Å². The molecule has 10 heteroatoms. The van der Waals surface area contributed by atoms with E-state index in [9.17, 15) is 10.1 Å². The van der Waals surface area contributed by atoms with Crippen LogP contribution >= 0.6 is 24.0 Å². The number of nitro benzene ring substituents is 1. The molecule has 2 heterocycles. The van der Waals surface area contributed by atoms with Crippen LogP contribution < -0.4 is 5.32 Å². The minimum Gasteiger partial charge on any atom is -0.334 e. The van der Waals surface area contributed by atoms with Crippen LogP contribution in [0.2, 0.25) is 5.02 Å². The molecule has 124 valence electrons. The van der Waals surface area contributed by atoms with Crippen molar-refractivity contribution in [1.82, 2.24) is 20.4 Å². The first-order chi connectivity index (χ1) is 10.6. The second kappa shape index (κ2) is 7.22. The Labute approximate surface area is 143 Å². The van der Waals surface area contributed by atoms with Crippen LogP contribution in [-0.2, 0) is 0 Å². The van der Waals surface area contributed by atoms with Gasteiger partial charge in [0.2, 0.25) is 0 Å². The van der Waals surface area contributed by atoms with Crippen molar-refractivity contribution in [2.45, 2.75) is 6.04 Å². The monoisotopic (exact) mass is 359 g/mol. The molecule has 1 aromatic carbocycles. The van der Waals surface area contributed by atoms with Gasteiger partial charge in [0.25, 0.3) is 11.6 Å². The number of benzene rings is 1. The van der Waals surface area contributed by atoms with E-state index >= 15 is 0 Å². The quantitative estimate of drug-likeness (QED) is 0.662. The second-order valence-electron chi connectivity index (χ2n) is 5.08. The molecule has 2 aromatic rings. The summed E-state index contributed by atoms with van der Waals surface area (Å²) in [5, 5.41) is 18.2. The maximum atomic E-state index is 10.7. The van der Waals surface area contributed by atoms with Gasteiger partial charge in [-0.3, -0.25) is 15.0 Å². The van der Waals surface area contributed by atoms with Crippen LogP contribution in [0.15, 0.2) is 22.7 Å². The van der Waals surface area contributed by atoms with Crippen molar-refractivity contribution in [2.75, 3.05) is 26.7 Å². The van der Waals surface area contributed by atoms with Gasteiger partial charge < -0.3 is 9.84 Å². The minimum absolute atomic E-state index is 0. The lowest BCUT2D eigenvalue weighted by Crippen LogP contribution is -2.44. The molecule has 1 N–H and O–H groups in total. The topological polar surface area (TPSA) is 97.3 Å². The minimum atomic E-state index is -0.502. The average molecular weight is 360 g/mol. The number of nitrogens with one attached hydrogen (secondary N) is 1. The molecule has 1 saturated heterocycles. The molecule has 1 fully saturated rings. The Morgan fingerprint density at radius 3 is 2.96 bits per heavy atom. The van der Waals surface area contributed by atoms with Gasteiger partial charge in [0.05, 0.1) is 21.6 Å². The number of hydrogen-bond acceptors (Lipinski definition) is 7. The van der Waals surface area contributed by atoms with Gasteiger partial charge in [-0.2, -0.15) is 4.98 Å². The number of non-ortho nitro benzene ring substituents is 1. The lowest BCUT2D eigenvalue weighted by molar-refractivity contribution is -0.384. The zero-order valence-electron chi connectivity index (χ0n) is 12.2. The van der Waals surface area contributed by atoms with Crippen LogP contribution in [-0.4, -0.2) is 46.6 Å². The predicted molar refractivity (Wildman–Crippen MR) is 86.9 cm³/mol. The van der Waals surface area contributed by atoms with Gasteiger partial charge in [-0.1, -0.05) is 16.8 Å². The maximum Gasteiger partial charge on any atom is 0.270 e. The zero-order valence-corrected chi connectivity index (χ0v) is 13.8. The van der Waals surface area contributed by atoms with E-state index in [4.69, 9.17) is 16.1 Å². The number of nitro groups is 1. The van der Waals surface area contributed by atoms with E-state index in [2.05, 4.69) is 20.4 Å². The van der Waals surface area contributed by atoms with E-state index < -0.39 is 4.92 Å². The molecule has 23 heavy (non-hydrogen) atoms. The summed E-state index contributed by atoms with van der Waals surface area (Å²) in [5.41, 5.74) is 0.405. The fourth-order valence-corrected chi connectivity index (χ4v) is 2.62. The summed E-state index contributed by atoms with van der Waals surface area (Å²) in [6, 6.07) is 4.18. The standard InChI is InChI=1S/C13H14ClN5O3.ClH/c1-18-5-4-15-7-11(18)12-16-13(22-17-12)9-3-2-8(19(20)21)6-10(9)14;/h2-3,6,11,15H,4-5,7H2,1H3;1H. The summed E-state index contributed by atoms with van der Waals surface area (Å²) in [4.78, 5) is 16.7. The third kappa shape index (κ3) is 3.61. The zero-order chi connectivity index (χ0) is 15.7. The molecule has 0 saturated carbocycles. The summed E-state index contributed by atoms with van der Waals surface area (Å²) >= 11 is 6.08. The van der Waals surface area contributed by atoms with E-state index in [-0.39, 0.29) is 35.0 Å². The largest absolute Gasteiger partial charge is 0.334 e. The molecule has 0 radical (unpaired) electrons. The Bertz CT molecular complexity index is 709. The average Bonchev–Trinajstić information content (AvgIpc) is 2.97. The Morgan fingerprint density at radius 2 is 2.30 bits per heavy atom. The van der Waals surface area contributed by atoms with Gasteiger partial charge >= 0.3 is 0 Å². The number of aromatic nitrogens is 2. The van der Waals surface area contributed by atoms with E-state index in [0.29, 0.717) is 11.4 Å². The normalized spacial score (nSPS) is 18.4. The molecule has 8 nitrogen and oxygen atoms in total. The van der Waals surface area contributed by atoms with E-state index in [0.717, 1.165) is 19.6 Å². The summed E-state index contributed by atoms with van der Waals surface area (Å²) in [5.74, 6) is 0.827. The number of likely N-dealkylation sites (N-methyl/N-ethyl adjacent to an activating group) is 1. The molecule has 3 rings (SSSR count). The van der Waals surface area contributed by atoms with Crippen molar-refractivity contribution in [1.29, 1.82) is 0 Å². The van der Waals surface area contributed by atoms with Crippen molar-refractivity contribution in [3.05, 3.63) is 39.2 Å². The summed E-state index contributed by atoms with van der Waals surface area (Å²) in [6.45, 7) is 2.56. The number of piperazine rings is 1. The Hall–Kier alpha value is -1.74. The SMILES string of the molecule is CN1CCNCC1c1noc(-c2ccc([N+](=O)[O-])cc2Cl)n1.Cl. The predicted octanol–water partition coefficient (Wildman–Crippen LogP) is 2.30. The van der Waals surface area contributed by atoms with Gasteiger partial charge in [0.15, 0.2) is 5.82 Å². The third-order valence-corrected chi connectivity index (χ3v) is 3.96. The molecular formula is C13H15Cl2N5O3. The van der Waals surface area contributed by atoms with Crippen molar-refractivity contribution in [3.8, 4) is 11.5 Å². The van der Waals surface area contributed by atoms with Crippen LogP contribution in [0.5, 0.6) is 0 Å². The van der Waals surface area contributed by atoms with Crippen LogP contribution in [0.25, 0.3) is 11.5 Å². The maximum absolute atomic E-state index is 10.7. The van der Waals surface area contributed by atoms with Crippen molar-refractivity contribution in [3.63, 3.8) is 0 Å². The van der Waals surface area contributed by atoms with Crippen LogP contribution in [0, 0.1) is 10.1 Å². The molecule has 0 spiro atoms. The third-order valence-electron chi connectivity index (χ3n) is 3.64. The highest BCUT2D eigenvalue weighted by atomic mass is 35.5. The fraction of sp³-hybridized carbons (Fsp3) is 0.385. The Kier molecular flexibility index (Phi) is 5.53. The molecule has 1 atom stereocenters. The molecule has 1 unspecified atom stereocenters. The van der Waals surface area contributed by atoms with Crippen molar-refractivity contribution < 1.29 is 9.45 Å². The number of rotatable bonds is 3. The van der Waals surface area contributed by atoms with Gasteiger partial charge in [-0.05, 0) is 13.1 Å². The first kappa shape index (κ1) is 17.6. The van der Waals surface area contributed by atoms with Gasteiger partial charge in [0.1, 0.15) is 0 Å². The highest BCUT2D eigenvalue weighted by Gasteiger charge is 2.26. The number of halogens is 2. The van der Waals surface area contributed by atoms with E-state index in [1.54, 1.807) is 0 Å². The van der Waals surface area contributed by atoms with Crippen LogP contribution in [0.1, 0.15) is 11.9 Å². The lowest BCUT2D eigenvalue weighted by Gasteiger charge is -2.30. The van der Waals surface area contributed by atoms with E-state index in [1.807, 2.05) is 7.05 Å². The molecule has 0 bridgehead atoms. The van der Waals surface area contributed by atoms with Crippen molar-refractivity contribution >= 4 is 29.7 Å². The first-order valence-corrected chi connectivity index (χ1v) is 7.13. The Morgan fingerprint density at radius 1 is 1.52 bits per heavy atom.